The lowest BCUT2D eigenvalue weighted by atomic mass is 10.1. The molecule has 4 nitrogen and oxygen atoms in total. The van der Waals surface area contributed by atoms with Gasteiger partial charge in [-0.2, -0.15) is 0 Å². The molecule has 0 saturated carbocycles. The molecule has 2 aliphatic heterocycles. The van der Waals surface area contributed by atoms with E-state index in [1.807, 2.05) is 119 Å². The van der Waals surface area contributed by atoms with Crippen molar-refractivity contribution < 1.29 is 18.6 Å². The fraction of sp³-hybridized carbons (Fsp3) is 0.222. The van der Waals surface area contributed by atoms with Crippen molar-refractivity contribution in [2.45, 2.75) is 39.3 Å². The summed E-state index contributed by atoms with van der Waals surface area (Å²) < 4.78 is 23.9. The Morgan fingerprint density at radius 2 is 1.39 bits per heavy atom. The predicted octanol–water partition coefficient (Wildman–Crippen LogP) is 6.32. The Kier molecular flexibility index (Phi) is 5.55. The zero-order valence-electron chi connectivity index (χ0n) is 18.3. The molecule has 31 heavy (non-hydrogen) atoms. The predicted molar refractivity (Wildman–Crippen MR) is 122 cm³/mol. The van der Waals surface area contributed by atoms with Crippen molar-refractivity contribution in [1.29, 1.82) is 0 Å². The summed E-state index contributed by atoms with van der Waals surface area (Å²) in [5.41, 5.74) is 2.01. The summed E-state index contributed by atoms with van der Waals surface area (Å²) in [6.07, 6.45) is 9.51. The van der Waals surface area contributed by atoms with Crippen LogP contribution in [0, 0.1) is 0 Å². The number of allylic oxidation sites excluding steroid dienone is 5. The van der Waals surface area contributed by atoms with E-state index >= 15 is 0 Å². The second kappa shape index (κ2) is 8.31. The molecule has 2 aromatic carbocycles. The minimum atomic E-state index is -0.760. The van der Waals surface area contributed by atoms with Crippen LogP contribution in [0.5, 0.6) is 0 Å². The normalized spacial score (nSPS) is 20.8. The lowest BCUT2D eigenvalue weighted by Gasteiger charge is -2.33. The van der Waals surface area contributed by atoms with E-state index < -0.39 is 11.6 Å². The van der Waals surface area contributed by atoms with Crippen molar-refractivity contribution in [2.24, 2.45) is 0 Å². The SMILES string of the molecule is CC1(C)OC(c2ccccc2)=C/C(=C/C=C/C2=CC(c3ccccc3)=[O+]C(C)(C)O2)O1. The molecule has 4 heteroatoms. The fourth-order valence-corrected chi connectivity index (χ4v) is 3.41. The van der Waals surface area contributed by atoms with Crippen LogP contribution in [0.3, 0.4) is 0 Å². The topological polar surface area (TPSA) is 39.0 Å². The van der Waals surface area contributed by atoms with Crippen molar-refractivity contribution in [2.75, 3.05) is 0 Å². The van der Waals surface area contributed by atoms with Gasteiger partial charge in [0, 0.05) is 25.5 Å². The third-order valence-electron chi connectivity index (χ3n) is 4.62. The quantitative estimate of drug-likeness (QED) is 0.549. The minimum Gasteiger partial charge on any atom is -0.453 e. The molecule has 0 unspecified atom stereocenters. The molecule has 0 bridgehead atoms. The molecular formula is C27H27O4+. The molecule has 2 heterocycles. The third-order valence-corrected chi connectivity index (χ3v) is 4.62. The number of benzene rings is 2. The van der Waals surface area contributed by atoms with E-state index in [1.54, 1.807) is 0 Å². The molecule has 0 fully saturated rings. The van der Waals surface area contributed by atoms with Crippen molar-refractivity contribution in [1.82, 2.24) is 0 Å². The van der Waals surface area contributed by atoms with Crippen LogP contribution in [0.2, 0.25) is 0 Å². The van der Waals surface area contributed by atoms with Crippen LogP contribution in [-0.2, 0) is 14.2 Å². The van der Waals surface area contributed by atoms with E-state index in [0.717, 1.165) is 22.7 Å². The van der Waals surface area contributed by atoms with E-state index in [2.05, 4.69) is 0 Å². The Bertz CT molecular complexity index is 1080. The van der Waals surface area contributed by atoms with E-state index in [-0.39, 0.29) is 0 Å². The first-order chi connectivity index (χ1) is 14.8. The maximum Gasteiger partial charge on any atom is 0.424 e. The summed E-state index contributed by atoms with van der Waals surface area (Å²) in [5.74, 6) is 1.46. The molecular weight excluding hydrogens is 388 g/mol. The van der Waals surface area contributed by atoms with Crippen LogP contribution < -0.4 is 0 Å². The van der Waals surface area contributed by atoms with Crippen LogP contribution in [-0.4, -0.2) is 17.4 Å². The van der Waals surface area contributed by atoms with Gasteiger partial charge in [0.05, 0.1) is 25.5 Å². The Labute approximate surface area is 183 Å². The van der Waals surface area contributed by atoms with Gasteiger partial charge in [0.15, 0.2) is 0 Å². The monoisotopic (exact) mass is 415 g/mol. The summed E-state index contributed by atoms with van der Waals surface area (Å²) in [6, 6.07) is 20.0. The molecule has 0 N–H and O–H groups in total. The van der Waals surface area contributed by atoms with E-state index in [4.69, 9.17) is 18.6 Å². The molecule has 0 saturated heterocycles. The van der Waals surface area contributed by atoms with Gasteiger partial charge in [-0.25, -0.2) is 4.42 Å². The standard InChI is InChI=1S/C27H27O4/c1-26(2)28-22(18-24(30-26)20-12-7-5-8-13-20)16-11-17-23-19-25(31-27(3,4)29-23)21-14-9-6-10-15-21/h5-19H,1-4H3/q+1. The molecule has 0 aliphatic carbocycles. The molecule has 0 aromatic heterocycles. The highest BCUT2D eigenvalue weighted by molar-refractivity contribution is 6.05. The summed E-state index contributed by atoms with van der Waals surface area (Å²) in [6.45, 7) is 7.59. The maximum absolute atomic E-state index is 5.99. The summed E-state index contributed by atoms with van der Waals surface area (Å²) >= 11 is 0. The third kappa shape index (κ3) is 5.34. The smallest absolute Gasteiger partial charge is 0.424 e. The van der Waals surface area contributed by atoms with Crippen LogP contribution in [0.15, 0.2) is 103 Å². The second-order valence-electron chi connectivity index (χ2n) is 8.29. The molecule has 0 spiro atoms. The van der Waals surface area contributed by atoms with Gasteiger partial charge in [-0.15, -0.1) is 0 Å². The van der Waals surface area contributed by atoms with Crippen LogP contribution >= 0.6 is 0 Å². The van der Waals surface area contributed by atoms with Gasteiger partial charge in [-0.05, 0) is 24.3 Å². The van der Waals surface area contributed by atoms with Gasteiger partial charge in [0.2, 0.25) is 5.79 Å². The Morgan fingerprint density at radius 1 is 0.742 bits per heavy atom. The van der Waals surface area contributed by atoms with Gasteiger partial charge in [-0.3, -0.25) is 0 Å². The van der Waals surface area contributed by atoms with Crippen molar-refractivity contribution in [3.8, 4) is 0 Å². The van der Waals surface area contributed by atoms with Gasteiger partial charge in [0.25, 0.3) is 0 Å². The number of hydrogen-bond acceptors (Lipinski definition) is 3. The molecule has 2 aliphatic rings. The average Bonchev–Trinajstić information content (AvgIpc) is 2.73. The molecule has 0 radical (unpaired) electrons. The first-order valence-corrected chi connectivity index (χ1v) is 10.4. The van der Waals surface area contributed by atoms with Crippen molar-refractivity contribution >= 4 is 11.5 Å². The van der Waals surface area contributed by atoms with Gasteiger partial charge in [-0.1, -0.05) is 54.6 Å². The molecule has 0 amide bonds. The van der Waals surface area contributed by atoms with Gasteiger partial charge in [0.1, 0.15) is 17.3 Å². The van der Waals surface area contributed by atoms with Crippen LogP contribution in [0.1, 0.15) is 43.2 Å². The number of hydrogen-bond donors (Lipinski definition) is 0. The van der Waals surface area contributed by atoms with Crippen molar-refractivity contribution in [3.63, 3.8) is 0 Å². The zero-order chi connectivity index (χ0) is 21.9. The van der Waals surface area contributed by atoms with Crippen molar-refractivity contribution in [3.05, 3.63) is 114 Å². The van der Waals surface area contributed by atoms with Gasteiger partial charge >= 0.3 is 11.6 Å². The molecule has 4 rings (SSSR count). The highest BCUT2D eigenvalue weighted by Gasteiger charge is 2.37. The molecule has 2 aromatic rings. The maximum atomic E-state index is 5.99. The Balaban J connectivity index is 1.59. The first-order valence-electron chi connectivity index (χ1n) is 10.4. The number of rotatable bonds is 4. The minimum absolute atomic E-state index is 0.713. The zero-order valence-corrected chi connectivity index (χ0v) is 18.3. The lowest BCUT2D eigenvalue weighted by molar-refractivity contribution is -0.462. The fourth-order valence-electron chi connectivity index (χ4n) is 3.41. The summed E-state index contributed by atoms with van der Waals surface area (Å²) in [5, 5.41) is 0. The number of ketones is 1. The largest absolute Gasteiger partial charge is 0.453 e. The van der Waals surface area contributed by atoms with Crippen LogP contribution in [0.4, 0.5) is 0 Å². The number of carbonyl (C=O) groups excluding carboxylic acids is 1. The average molecular weight is 416 g/mol. The molecule has 0 atom stereocenters. The van der Waals surface area contributed by atoms with E-state index in [0.29, 0.717) is 11.5 Å². The Morgan fingerprint density at radius 3 is 2.06 bits per heavy atom. The summed E-state index contributed by atoms with van der Waals surface area (Å²) in [7, 11) is 0. The highest BCUT2D eigenvalue weighted by Crippen LogP contribution is 2.32. The van der Waals surface area contributed by atoms with Gasteiger partial charge < -0.3 is 14.2 Å². The van der Waals surface area contributed by atoms with Crippen LogP contribution in [0.25, 0.3) is 5.76 Å². The Hall–Kier alpha value is -3.53. The number of ether oxygens (including phenoxy) is 3. The van der Waals surface area contributed by atoms with E-state index in [9.17, 15) is 0 Å². The lowest BCUT2D eigenvalue weighted by Crippen LogP contribution is -2.30. The first kappa shape index (κ1) is 20.7. The van der Waals surface area contributed by atoms with E-state index in [1.165, 1.54) is 0 Å². The summed E-state index contributed by atoms with van der Waals surface area (Å²) in [4.78, 5) is 0. The highest BCUT2D eigenvalue weighted by atomic mass is 16.7. The molecule has 158 valence electrons. The second-order valence-corrected chi connectivity index (χ2v) is 8.29.